The maximum absolute atomic E-state index is 12.6. The maximum atomic E-state index is 12.6. The fraction of sp³-hybridized carbons (Fsp3) is 0.125. The molecule has 2 aromatic carbocycles. The number of thioether (sulfide) groups is 1. The lowest BCUT2D eigenvalue weighted by molar-refractivity contribution is -0.115. The van der Waals surface area contributed by atoms with Gasteiger partial charge in [-0.25, -0.2) is 0 Å². The van der Waals surface area contributed by atoms with Crippen molar-refractivity contribution in [3.8, 4) is 5.69 Å². The van der Waals surface area contributed by atoms with E-state index in [9.17, 15) is 9.59 Å². The molecule has 3 aromatic rings. The maximum Gasteiger partial charge on any atom is 0.286 e. The molecule has 0 N–H and O–H groups in total. The van der Waals surface area contributed by atoms with Crippen molar-refractivity contribution in [3.05, 3.63) is 88.6 Å². The van der Waals surface area contributed by atoms with Crippen LogP contribution >= 0.6 is 11.8 Å². The Morgan fingerprint density at radius 3 is 2.30 bits per heavy atom. The second-order valence-corrected chi connectivity index (χ2v) is 8.01. The highest BCUT2D eigenvalue weighted by Gasteiger charge is 2.29. The summed E-state index contributed by atoms with van der Waals surface area (Å²) in [6.07, 6.45) is 1.86. The largest absolute Gasteiger partial charge is 0.318 e. The highest BCUT2D eigenvalue weighted by atomic mass is 32.2. The molecule has 0 unspecified atom stereocenters. The first kappa shape index (κ1) is 19.9. The van der Waals surface area contributed by atoms with Crippen molar-refractivity contribution in [1.82, 2.24) is 4.57 Å². The molecule has 2 amide bonds. The van der Waals surface area contributed by atoms with Gasteiger partial charge in [0.2, 0.25) is 5.91 Å². The van der Waals surface area contributed by atoms with E-state index in [1.165, 1.54) is 23.6 Å². The molecular formula is C24H21N3O2S. The number of carbonyl (C=O) groups is 2. The van der Waals surface area contributed by atoms with Crippen molar-refractivity contribution in [2.24, 2.45) is 4.99 Å². The summed E-state index contributed by atoms with van der Waals surface area (Å²) in [7, 11) is 0. The average molecular weight is 416 g/mol. The number of carbonyl (C=O) groups excluding carboxylic acids is 2. The third-order valence-electron chi connectivity index (χ3n) is 4.90. The minimum Gasteiger partial charge on any atom is -0.318 e. The zero-order chi connectivity index (χ0) is 21.3. The highest BCUT2D eigenvalue weighted by Crippen LogP contribution is 2.34. The summed E-state index contributed by atoms with van der Waals surface area (Å²) in [5.41, 5.74) is 4.84. The van der Waals surface area contributed by atoms with Crippen molar-refractivity contribution >= 4 is 40.5 Å². The number of benzene rings is 2. The highest BCUT2D eigenvalue weighted by molar-refractivity contribution is 8.19. The molecule has 0 saturated carbocycles. The normalized spacial score (nSPS) is 14.8. The quantitative estimate of drug-likeness (QED) is 0.558. The van der Waals surface area contributed by atoms with E-state index in [-0.39, 0.29) is 11.8 Å². The Kier molecular flexibility index (Phi) is 5.42. The monoisotopic (exact) mass is 415 g/mol. The molecule has 5 nitrogen and oxygen atoms in total. The molecule has 30 heavy (non-hydrogen) atoms. The minimum atomic E-state index is -0.332. The lowest BCUT2D eigenvalue weighted by atomic mass is 10.2. The van der Waals surface area contributed by atoms with Gasteiger partial charge in [0, 0.05) is 24.0 Å². The number of aliphatic imine (C=N–C) groups is 1. The van der Waals surface area contributed by atoms with Crippen LogP contribution in [-0.4, -0.2) is 21.5 Å². The van der Waals surface area contributed by atoms with Crippen molar-refractivity contribution in [2.75, 3.05) is 4.90 Å². The molecule has 2 heterocycles. The number of hydrogen-bond donors (Lipinski definition) is 0. The Hall–Kier alpha value is -3.38. The van der Waals surface area contributed by atoms with Gasteiger partial charge >= 0.3 is 0 Å². The first-order chi connectivity index (χ1) is 14.5. The molecule has 1 aromatic heterocycles. The summed E-state index contributed by atoms with van der Waals surface area (Å²) in [6, 6.07) is 21.4. The second kappa shape index (κ2) is 8.16. The molecule has 0 saturated heterocycles. The van der Waals surface area contributed by atoms with Gasteiger partial charge < -0.3 is 4.57 Å². The molecule has 0 atom stereocenters. The van der Waals surface area contributed by atoms with E-state index in [1.807, 2.05) is 68.5 Å². The Balaban J connectivity index is 1.66. The minimum absolute atomic E-state index is 0.191. The molecule has 0 aliphatic carbocycles. The SMILES string of the molecule is CC(=O)N(C1=NC(=O)/C(=C/c2cc(C)n(-c3ccccc3)c2C)S1)c1ccccc1. The number of aryl methyl sites for hydroxylation is 1. The zero-order valence-corrected chi connectivity index (χ0v) is 17.8. The van der Waals surface area contributed by atoms with Gasteiger partial charge in [-0.05, 0) is 67.6 Å². The van der Waals surface area contributed by atoms with Gasteiger partial charge in [0.1, 0.15) is 0 Å². The summed E-state index contributed by atoms with van der Waals surface area (Å²) in [5.74, 6) is -0.523. The first-order valence-corrected chi connectivity index (χ1v) is 10.4. The van der Waals surface area contributed by atoms with Gasteiger partial charge in [-0.2, -0.15) is 4.99 Å². The molecule has 0 bridgehead atoms. The number of para-hydroxylation sites is 2. The van der Waals surface area contributed by atoms with Crippen molar-refractivity contribution < 1.29 is 9.59 Å². The molecule has 0 radical (unpaired) electrons. The molecule has 0 spiro atoms. The van der Waals surface area contributed by atoms with Crippen LogP contribution in [-0.2, 0) is 9.59 Å². The van der Waals surface area contributed by atoms with E-state index in [2.05, 4.69) is 27.8 Å². The Morgan fingerprint density at radius 2 is 1.67 bits per heavy atom. The van der Waals surface area contributed by atoms with Crippen LogP contribution in [0.4, 0.5) is 5.69 Å². The molecule has 6 heteroatoms. The number of amides is 2. The smallest absolute Gasteiger partial charge is 0.286 e. The molecular weight excluding hydrogens is 394 g/mol. The summed E-state index contributed by atoms with van der Waals surface area (Å²) in [4.78, 5) is 31.0. The lowest BCUT2D eigenvalue weighted by Gasteiger charge is -2.19. The van der Waals surface area contributed by atoms with Crippen LogP contribution in [0.5, 0.6) is 0 Å². The number of aromatic nitrogens is 1. The third-order valence-corrected chi connectivity index (χ3v) is 5.87. The van der Waals surface area contributed by atoms with Crippen LogP contribution in [0, 0.1) is 13.8 Å². The molecule has 1 aliphatic rings. The Labute approximate surface area is 179 Å². The van der Waals surface area contributed by atoms with Gasteiger partial charge in [-0.3, -0.25) is 14.5 Å². The number of rotatable bonds is 3. The number of hydrogen-bond acceptors (Lipinski definition) is 3. The van der Waals surface area contributed by atoms with Crippen molar-refractivity contribution in [2.45, 2.75) is 20.8 Å². The van der Waals surface area contributed by atoms with Gasteiger partial charge in [0.15, 0.2) is 5.17 Å². The van der Waals surface area contributed by atoms with Crippen LogP contribution in [0.2, 0.25) is 0 Å². The fourth-order valence-corrected chi connectivity index (χ4v) is 4.52. The van der Waals surface area contributed by atoms with Gasteiger partial charge in [0.05, 0.1) is 10.6 Å². The molecule has 4 rings (SSSR count). The summed E-state index contributed by atoms with van der Waals surface area (Å²) in [6.45, 7) is 5.54. The van der Waals surface area contributed by atoms with E-state index >= 15 is 0 Å². The summed E-state index contributed by atoms with van der Waals surface area (Å²) in [5, 5.41) is 0.377. The van der Waals surface area contributed by atoms with Crippen LogP contribution in [0.1, 0.15) is 23.9 Å². The van der Waals surface area contributed by atoms with Crippen LogP contribution in [0.25, 0.3) is 11.8 Å². The van der Waals surface area contributed by atoms with Crippen LogP contribution < -0.4 is 4.90 Å². The van der Waals surface area contributed by atoms with E-state index in [4.69, 9.17) is 0 Å². The first-order valence-electron chi connectivity index (χ1n) is 9.58. The Bertz CT molecular complexity index is 1180. The Morgan fingerprint density at radius 1 is 1.03 bits per heavy atom. The van der Waals surface area contributed by atoms with E-state index in [0.29, 0.717) is 15.8 Å². The summed E-state index contributed by atoms with van der Waals surface area (Å²) < 4.78 is 2.16. The zero-order valence-electron chi connectivity index (χ0n) is 17.0. The number of anilines is 1. The van der Waals surface area contributed by atoms with E-state index in [0.717, 1.165) is 22.6 Å². The standard InChI is InChI=1S/C24H21N3O2S/c1-16-14-19(17(2)26(16)20-10-6-4-7-11-20)15-22-23(29)25-24(30-22)27(18(3)28)21-12-8-5-9-13-21/h4-15H,1-3H3/b22-15-. The van der Waals surface area contributed by atoms with E-state index < -0.39 is 0 Å². The second-order valence-electron chi connectivity index (χ2n) is 7.00. The predicted molar refractivity (Wildman–Crippen MR) is 123 cm³/mol. The average Bonchev–Trinajstić information content (AvgIpc) is 3.22. The molecule has 1 aliphatic heterocycles. The fourth-order valence-electron chi connectivity index (χ4n) is 3.55. The van der Waals surface area contributed by atoms with Gasteiger partial charge in [-0.15, -0.1) is 0 Å². The summed E-state index contributed by atoms with van der Waals surface area (Å²) >= 11 is 1.22. The van der Waals surface area contributed by atoms with Crippen molar-refractivity contribution in [3.63, 3.8) is 0 Å². The van der Waals surface area contributed by atoms with Gasteiger partial charge in [0.25, 0.3) is 5.91 Å². The van der Waals surface area contributed by atoms with Crippen molar-refractivity contribution in [1.29, 1.82) is 0 Å². The van der Waals surface area contributed by atoms with E-state index in [1.54, 1.807) is 0 Å². The molecule has 150 valence electrons. The van der Waals surface area contributed by atoms with Crippen LogP contribution in [0.15, 0.2) is 76.6 Å². The third kappa shape index (κ3) is 3.74. The molecule has 0 fully saturated rings. The predicted octanol–water partition coefficient (Wildman–Crippen LogP) is 5.12. The van der Waals surface area contributed by atoms with Crippen LogP contribution in [0.3, 0.4) is 0 Å². The topological polar surface area (TPSA) is 54.7 Å². The number of nitrogens with zero attached hydrogens (tertiary/aromatic N) is 3. The van der Waals surface area contributed by atoms with Gasteiger partial charge in [-0.1, -0.05) is 36.4 Å². The number of amidine groups is 1. The lowest BCUT2D eigenvalue weighted by Crippen LogP contribution is -2.32.